The molecule has 0 amide bonds. The Labute approximate surface area is 86.1 Å². The molecule has 74 valence electrons. The summed E-state index contributed by atoms with van der Waals surface area (Å²) in [6.45, 7) is 3.52. The van der Waals surface area contributed by atoms with Crippen LogP contribution >= 0.6 is 11.6 Å². The van der Waals surface area contributed by atoms with Crippen LogP contribution in [0, 0.1) is 10.1 Å². The average Bonchev–Trinajstić information content (AvgIpc) is 2.16. The molecule has 0 bridgehead atoms. The van der Waals surface area contributed by atoms with Crippen LogP contribution in [0.4, 0.5) is 5.69 Å². The molecule has 0 heterocycles. The fourth-order valence-electron chi connectivity index (χ4n) is 1.03. The molecule has 0 aromatic heterocycles. The minimum absolute atomic E-state index is 0.0463. The van der Waals surface area contributed by atoms with Gasteiger partial charge in [-0.05, 0) is 11.6 Å². The first kappa shape index (κ1) is 10.7. The first-order valence-corrected chi connectivity index (χ1v) is 4.26. The van der Waals surface area contributed by atoms with Crippen LogP contribution in [0.3, 0.4) is 0 Å². The molecule has 0 unspecified atom stereocenters. The topological polar surface area (TPSA) is 69.2 Å². The van der Waals surface area contributed by atoms with E-state index in [1.54, 1.807) is 0 Å². The van der Waals surface area contributed by atoms with Gasteiger partial charge in [-0.2, -0.15) is 0 Å². The van der Waals surface area contributed by atoms with Gasteiger partial charge >= 0.3 is 0 Å². The number of hydrogen-bond donors (Lipinski definition) is 1. The Bertz CT molecular complexity index is 379. The lowest BCUT2D eigenvalue weighted by atomic mass is 10.1. The zero-order valence-corrected chi connectivity index (χ0v) is 8.07. The van der Waals surface area contributed by atoms with E-state index in [9.17, 15) is 10.1 Å². The van der Waals surface area contributed by atoms with Crippen molar-refractivity contribution in [2.24, 2.45) is 5.73 Å². The third-order valence-corrected chi connectivity index (χ3v) is 2.14. The third-order valence-electron chi connectivity index (χ3n) is 1.81. The van der Waals surface area contributed by atoms with Gasteiger partial charge in [0.1, 0.15) is 0 Å². The molecule has 2 N–H and O–H groups in total. The summed E-state index contributed by atoms with van der Waals surface area (Å²) in [4.78, 5) is 9.89. The molecule has 0 aliphatic heterocycles. The maximum absolute atomic E-state index is 10.4. The van der Waals surface area contributed by atoms with Crippen molar-refractivity contribution < 1.29 is 4.92 Å². The number of nitrogens with zero attached hydrogens (tertiary/aromatic N) is 1. The van der Waals surface area contributed by atoms with Crippen LogP contribution in [-0.2, 0) is 0 Å². The van der Waals surface area contributed by atoms with Crippen LogP contribution in [0.15, 0.2) is 30.9 Å². The normalized spacial score (nSPS) is 12.1. The molecule has 14 heavy (non-hydrogen) atoms. The van der Waals surface area contributed by atoms with Crippen LogP contribution in [0.25, 0.3) is 0 Å². The Balaban J connectivity index is 3.13. The van der Waals surface area contributed by atoms with Crippen molar-refractivity contribution in [2.75, 3.05) is 0 Å². The van der Waals surface area contributed by atoms with Gasteiger partial charge in [-0.15, -0.1) is 6.58 Å². The number of benzene rings is 1. The highest BCUT2D eigenvalue weighted by atomic mass is 35.5. The zero-order valence-electron chi connectivity index (χ0n) is 7.31. The summed E-state index contributed by atoms with van der Waals surface area (Å²) in [5, 5.41) is 10.7. The predicted octanol–water partition coefficient (Wildman–Crippen LogP) is 2.43. The van der Waals surface area contributed by atoms with E-state index in [-0.39, 0.29) is 10.7 Å². The number of non-ortho nitro benzene ring substituents is 1. The molecule has 1 rings (SSSR count). The van der Waals surface area contributed by atoms with E-state index >= 15 is 0 Å². The van der Waals surface area contributed by atoms with Crippen molar-refractivity contribution in [3.05, 3.63) is 51.6 Å². The standard InChI is InChI=1S/C9H9ClN2O2/c1-2-9(11)7-4-3-6(12(13)14)5-8(7)10/h2-5,9H,1,11H2/t9-/m1/s1. The quantitative estimate of drug-likeness (QED) is 0.475. The van der Waals surface area contributed by atoms with Crippen molar-refractivity contribution in [3.8, 4) is 0 Å². The van der Waals surface area contributed by atoms with E-state index in [1.807, 2.05) is 0 Å². The highest BCUT2D eigenvalue weighted by molar-refractivity contribution is 6.31. The molecule has 0 fully saturated rings. The van der Waals surface area contributed by atoms with Crippen molar-refractivity contribution in [2.45, 2.75) is 6.04 Å². The molecular weight excluding hydrogens is 204 g/mol. The minimum atomic E-state index is -0.505. The second-order valence-corrected chi connectivity index (χ2v) is 3.13. The van der Waals surface area contributed by atoms with Gasteiger partial charge in [0.05, 0.1) is 9.95 Å². The van der Waals surface area contributed by atoms with Crippen molar-refractivity contribution in [3.63, 3.8) is 0 Å². The highest BCUT2D eigenvalue weighted by Crippen LogP contribution is 2.26. The molecule has 0 aliphatic rings. The Hall–Kier alpha value is -1.39. The maximum atomic E-state index is 10.4. The van der Waals surface area contributed by atoms with E-state index in [4.69, 9.17) is 17.3 Å². The molecule has 0 saturated carbocycles. The lowest BCUT2D eigenvalue weighted by Crippen LogP contribution is -2.07. The van der Waals surface area contributed by atoms with Gasteiger partial charge in [0.15, 0.2) is 0 Å². The third kappa shape index (κ3) is 2.10. The lowest BCUT2D eigenvalue weighted by Gasteiger charge is -2.07. The largest absolute Gasteiger partial charge is 0.321 e. The van der Waals surface area contributed by atoms with E-state index < -0.39 is 11.0 Å². The van der Waals surface area contributed by atoms with Gasteiger partial charge in [0, 0.05) is 18.2 Å². The van der Waals surface area contributed by atoms with Crippen LogP contribution < -0.4 is 5.73 Å². The SMILES string of the molecule is C=C[C@@H](N)c1ccc([N+](=O)[O-])cc1Cl. The molecular formula is C9H9ClN2O2. The van der Waals surface area contributed by atoms with Crippen molar-refractivity contribution >= 4 is 17.3 Å². The van der Waals surface area contributed by atoms with Crippen LogP contribution in [-0.4, -0.2) is 4.92 Å². The molecule has 0 saturated heterocycles. The van der Waals surface area contributed by atoms with Crippen LogP contribution in [0.5, 0.6) is 0 Å². The van der Waals surface area contributed by atoms with Crippen molar-refractivity contribution in [1.82, 2.24) is 0 Å². The molecule has 0 radical (unpaired) electrons. The maximum Gasteiger partial charge on any atom is 0.270 e. The van der Waals surface area contributed by atoms with Crippen LogP contribution in [0.2, 0.25) is 5.02 Å². The summed E-state index contributed by atoms with van der Waals surface area (Å²) in [7, 11) is 0. The van der Waals surface area contributed by atoms with E-state index in [1.165, 1.54) is 24.3 Å². The van der Waals surface area contributed by atoms with Crippen LogP contribution in [0.1, 0.15) is 11.6 Å². The summed E-state index contributed by atoms with van der Waals surface area (Å²) < 4.78 is 0. The number of halogens is 1. The van der Waals surface area contributed by atoms with Gasteiger partial charge < -0.3 is 5.73 Å². The monoisotopic (exact) mass is 212 g/mol. The molecule has 4 nitrogen and oxygen atoms in total. The Kier molecular flexibility index (Phi) is 3.22. The summed E-state index contributed by atoms with van der Waals surface area (Å²) >= 11 is 5.81. The highest BCUT2D eigenvalue weighted by Gasteiger charge is 2.11. The fourth-order valence-corrected chi connectivity index (χ4v) is 1.33. The van der Waals surface area contributed by atoms with Gasteiger partial charge in [-0.1, -0.05) is 17.7 Å². The summed E-state index contributed by atoms with van der Waals surface area (Å²) in [5.41, 5.74) is 6.23. The Morgan fingerprint density at radius 3 is 2.71 bits per heavy atom. The predicted molar refractivity (Wildman–Crippen MR) is 55.2 cm³/mol. The first-order chi connectivity index (χ1) is 6.56. The number of rotatable bonds is 3. The summed E-state index contributed by atoms with van der Waals surface area (Å²) in [5.74, 6) is 0. The Morgan fingerprint density at radius 1 is 1.64 bits per heavy atom. The van der Waals surface area contributed by atoms with E-state index in [2.05, 4.69) is 6.58 Å². The van der Waals surface area contributed by atoms with Gasteiger partial charge in [-0.25, -0.2) is 0 Å². The fraction of sp³-hybridized carbons (Fsp3) is 0.111. The van der Waals surface area contributed by atoms with Gasteiger partial charge in [0.2, 0.25) is 0 Å². The van der Waals surface area contributed by atoms with E-state index in [0.717, 1.165) is 0 Å². The molecule has 0 aliphatic carbocycles. The number of nitro groups is 1. The zero-order chi connectivity index (χ0) is 10.7. The molecule has 5 heteroatoms. The smallest absolute Gasteiger partial charge is 0.270 e. The molecule has 1 atom stereocenters. The van der Waals surface area contributed by atoms with Crippen molar-refractivity contribution in [1.29, 1.82) is 0 Å². The second kappa shape index (κ2) is 4.21. The number of nitro benzene ring substituents is 1. The lowest BCUT2D eigenvalue weighted by molar-refractivity contribution is -0.384. The van der Waals surface area contributed by atoms with E-state index in [0.29, 0.717) is 5.56 Å². The first-order valence-electron chi connectivity index (χ1n) is 3.88. The number of nitrogens with two attached hydrogens (primary N) is 1. The molecule has 0 spiro atoms. The number of hydrogen-bond acceptors (Lipinski definition) is 3. The Morgan fingerprint density at radius 2 is 2.29 bits per heavy atom. The summed E-state index contributed by atoms with van der Waals surface area (Å²) in [6.07, 6.45) is 1.52. The second-order valence-electron chi connectivity index (χ2n) is 2.72. The minimum Gasteiger partial charge on any atom is -0.321 e. The van der Waals surface area contributed by atoms with Gasteiger partial charge in [0.25, 0.3) is 5.69 Å². The summed E-state index contributed by atoms with van der Waals surface area (Å²) in [6, 6.07) is 3.78. The average molecular weight is 213 g/mol. The molecule has 1 aromatic rings. The van der Waals surface area contributed by atoms with Gasteiger partial charge in [-0.3, -0.25) is 10.1 Å². The molecule has 1 aromatic carbocycles.